The van der Waals surface area contributed by atoms with Crippen LogP contribution in [0, 0.1) is 29.6 Å². The first-order chi connectivity index (χ1) is 61.9. The van der Waals surface area contributed by atoms with E-state index in [1.807, 2.05) is 35.5 Å². The summed E-state index contributed by atoms with van der Waals surface area (Å²) in [6.45, 7) is 29.4. The van der Waals surface area contributed by atoms with Crippen LogP contribution < -0.4 is 57.7 Å². The van der Waals surface area contributed by atoms with Gasteiger partial charge in [0.25, 0.3) is 0 Å². The van der Waals surface area contributed by atoms with Crippen LogP contribution in [0.15, 0.2) is 122 Å². The Balaban J connectivity index is 0.000000174. The second kappa shape index (κ2) is 45.1. The number of piperidine rings is 4. The van der Waals surface area contributed by atoms with Crippen LogP contribution >= 0.6 is 31.9 Å². The molecule has 10 N–H and O–H groups in total. The minimum Gasteiger partial charge on any atom is -0.481 e. The van der Waals surface area contributed by atoms with Gasteiger partial charge >= 0.3 is 42.9 Å². The fraction of sp³-hybridized carbons (Fsp3) is 0.543. The highest BCUT2D eigenvalue weighted by Crippen LogP contribution is 2.44. The maximum Gasteiger partial charge on any atom is 0.418 e. The Morgan fingerprint density at radius 3 is 1.03 bits per heavy atom. The summed E-state index contributed by atoms with van der Waals surface area (Å²) in [4.78, 5) is 97.4. The Kier molecular flexibility index (Phi) is 35.6. The molecule has 0 unspecified atom stereocenters. The van der Waals surface area contributed by atoms with Crippen LogP contribution in [0.25, 0.3) is 43.6 Å². The molecule has 0 radical (unpaired) electrons. The number of carboxylic acid groups (broad SMARTS) is 1. The highest BCUT2D eigenvalue weighted by molar-refractivity contribution is 9.09. The van der Waals surface area contributed by atoms with Crippen molar-refractivity contribution in [3.05, 3.63) is 144 Å². The smallest absolute Gasteiger partial charge is 0.418 e. The number of carbonyl (C=O) groups excluding carboxylic acids is 5. The molecule has 40 heteroatoms. The first-order valence-electron chi connectivity index (χ1n) is 43.8. The second-order valence-electron chi connectivity index (χ2n) is 37.2. The van der Waals surface area contributed by atoms with E-state index in [1.54, 1.807) is 69.3 Å². The van der Waals surface area contributed by atoms with Gasteiger partial charge in [0, 0.05) is 191 Å². The average Bonchev–Trinajstić information content (AvgIpc) is 0.779. The monoisotopic (exact) mass is 1990 g/mol. The first kappa shape index (κ1) is 104. The summed E-state index contributed by atoms with van der Waals surface area (Å²) in [5.74, 6) is 0.679. The van der Waals surface area contributed by atoms with Crippen molar-refractivity contribution in [1.82, 2.24) is 56.3 Å². The van der Waals surface area contributed by atoms with E-state index in [-0.39, 0.29) is 112 Å². The molecule has 0 saturated carbocycles. The van der Waals surface area contributed by atoms with Crippen molar-refractivity contribution in [3.8, 4) is 0 Å². The highest BCUT2D eigenvalue weighted by atomic mass is 79.9. The lowest BCUT2D eigenvalue weighted by Crippen LogP contribution is -2.62. The number of hydrogen-bond donors (Lipinski definition) is 8. The normalized spacial score (nSPS) is 21.3. The summed E-state index contributed by atoms with van der Waals surface area (Å²) in [5.41, 5.74) is 10.7. The summed E-state index contributed by atoms with van der Waals surface area (Å²) in [6, 6.07) is 24.0. The van der Waals surface area contributed by atoms with Crippen LogP contribution in [0.5, 0.6) is 0 Å². The van der Waals surface area contributed by atoms with E-state index in [0.29, 0.717) is 115 Å². The van der Waals surface area contributed by atoms with Gasteiger partial charge in [0.05, 0.1) is 74.8 Å². The molecule has 0 aliphatic carbocycles. The van der Waals surface area contributed by atoms with E-state index in [4.69, 9.17) is 26.0 Å². The number of benzene rings is 4. The number of likely N-dealkylation sites (tertiary alicyclic amines) is 2. The molecular weight excluding hydrogens is 1870 g/mol. The van der Waals surface area contributed by atoms with Gasteiger partial charge in [-0.15, -0.1) is 0 Å². The molecule has 26 nitrogen and oxygen atoms in total. The molecule has 7 fully saturated rings. The molecule has 4 aromatic heterocycles. The molecule has 4 aromatic carbocycles. The zero-order valence-electron chi connectivity index (χ0n) is 75.3. The van der Waals surface area contributed by atoms with Gasteiger partial charge in [-0.05, 0) is 194 Å². The third kappa shape index (κ3) is 30.1. The summed E-state index contributed by atoms with van der Waals surface area (Å²) in [7, 11) is 0. The minimum absolute atomic E-state index is 0.000650. The van der Waals surface area contributed by atoms with Crippen LogP contribution in [-0.4, -0.2) is 233 Å². The van der Waals surface area contributed by atoms with Gasteiger partial charge in [0.15, 0.2) is 0 Å². The molecule has 0 spiro atoms. The number of amides is 4. The third-order valence-corrected chi connectivity index (χ3v) is 23.8. The summed E-state index contributed by atoms with van der Waals surface area (Å²) < 4.78 is 170. The topological polar surface area (TPSA) is 324 Å². The standard InChI is InChI=1S/C26H34F3N5O3.C21H26F3N5O.C19H20BrF3N2O.C16H18F3N3.C8H16N2O2.C2H3BrO2/c1-16-10-17(31-22(35)15-33-12-18(13-33)32-24(36)37-25(2,3)4)14-34(11-16)21-8-7-20(26(27,28)29)23-19(21)6-5-9-30-23;1-13-7-15(27-19(30)12-28-9-14(25)10-28)11-29(8-13)18-5-4-17(21(22,23)24)20-16(18)3-2-6-26-20;1-12-7-13(8-14(26)9-20)11-25(10-12)17-5-4-16(19(21,22)23)18-15(17)3-2-6-24-18;1-10-7-11(20)9-22(8-10)14-5-4-13(16(17,18)19)15-12(14)3-2-6-21-15;1-8(2,3)12-7(11)10-6-4-9-5-6;3-1-2(4)5/h5-9,16-18H,10-15H2,1-4H3,(H,31,35)(H,32,36);2-6,13-15H,7-12,25H2,1H3,(H,27,30);2-6,12-13H,7-11H2,1H3;2-6,10-11H,7-9,20H2,1H3;6,9H,4-5H2,1-3H3,(H,10,11);1H2,(H,4,5)/t16-,17+;13-,15+;12-,13-;10-,11+;;/m0000../s1. The number of hydrogen-bond acceptors (Lipinski definition) is 21. The minimum atomic E-state index is -4.49. The zero-order valence-corrected chi connectivity index (χ0v) is 78.5. The number of nitrogens with two attached hydrogens (primary N) is 2. The molecule has 7 aliphatic heterocycles. The number of rotatable bonds is 16. The number of nitrogens with one attached hydrogen (secondary N) is 5. The predicted molar refractivity (Wildman–Crippen MR) is 491 cm³/mol. The van der Waals surface area contributed by atoms with E-state index in [2.05, 4.69) is 121 Å². The lowest BCUT2D eigenvalue weighted by atomic mass is 9.86. The van der Waals surface area contributed by atoms with Gasteiger partial charge in [-0.3, -0.25) is 48.9 Å². The highest BCUT2D eigenvalue weighted by Gasteiger charge is 2.42. The number of nitrogens with zero attached hydrogens (tertiary/aromatic N) is 10. The Labute approximate surface area is 775 Å². The molecular formula is C92H117Br2F12N17O9. The van der Waals surface area contributed by atoms with Crippen molar-refractivity contribution in [2.24, 2.45) is 41.1 Å². The fourth-order valence-electron chi connectivity index (χ4n) is 17.6. The Hall–Kier alpha value is -9.74. The predicted octanol–water partition coefficient (Wildman–Crippen LogP) is 15.5. The fourth-order valence-corrected chi connectivity index (χ4v) is 17.8. The molecule has 722 valence electrons. The molecule has 8 aromatic rings. The van der Waals surface area contributed by atoms with Crippen molar-refractivity contribution in [1.29, 1.82) is 0 Å². The van der Waals surface area contributed by atoms with Gasteiger partial charge in [-0.2, -0.15) is 52.7 Å². The Bertz CT molecular complexity index is 5260. The number of halogens is 14. The van der Waals surface area contributed by atoms with Gasteiger partial charge in [-0.1, -0.05) is 59.6 Å². The van der Waals surface area contributed by atoms with E-state index >= 15 is 0 Å². The van der Waals surface area contributed by atoms with Crippen LogP contribution in [0.3, 0.4) is 0 Å². The van der Waals surface area contributed by atoms with Gasteiger partial charge < -0.3 is 72.2 Å². The van der Waals surface area contributed by atoms with Crippen molar-refractivity contribution in [2.45, 2.75) is 173 Å². The molecule has 11 heterocycles. The summed E-state index contributed by atoms with van der Waals surface area (Å²) in [6.07, 6.45) is -9.07. The largest absolute Gasteiger partial charge is 0.481 e. The molecule has 8 atom stereocenters. The number of carbonyl (C=O) groups is 6. The van der Waals surface area contributed by atoms with Gasteiger partial charge in [0.1, 0.15) is 22.3 Å². The van der Waals surface area contributed by atoms with Crippen molar-refractivity contribution >= 4 is 134 Å². The lowest BCUT2D eigenvalue weighted by molar-refractivity contribution is -0.137. The van der Waals surface area contributed by atoms with Gasteiger partial charge in [0.2, 0.25) is 11.8 Å². The molecule has 0 bridgehead atoms. The number of carboxylic acids is 1. The Morgan fingerprint density at radius 2 is 0.727 bits per heavy atom. The number of alkyl carbamates (subject to hydrolysis) is 2. The number of pyridine rings is 4. The number of anilines is 4. The van der Waals surface area contributed by atoms with Crippen LogP contribution in [0.1, 0.15) is 124 Å². The van der Waals surface area contributed by atoms with Crippen molar-refractivity contribution in [2.75, 3.05) is 135 Å². The average molecular weight is 1990 g/mol. The van der Waals surface area contributed by atoms with E-state index in [1.165, 1.54) is 49.1 Å². The van der Waals surface area contributed by atoms with Gasteiger partial charge in [-0.25, -0.2) is 9.59 Å². The van der Waals surface area contributed by atoms with E-state index in [0.717, 1.165) is 101 Å². The first-order valence-corrected chi connectivity index (χ1v) is 46.0. The van der Waals surface area contributed by atoms with E-state index in [9.17, 15) is 81.5 Å². The zero-order chi connectivity index (χ0) is 96.7. The molecule has 4 amide bonds. The number of alkyl halides is 14. The number of aliphatic carboxylic acids is 1. The molecule has 7 aliphatic rings. The molecule has 15 rings (SSSR count). The van der Waals surface area contributed by atoms with E-state index < -0.39 is 70.2 Å². The maximum absolute atomic E-state index is 13.5. The number of aromatic nitrogens is 4. The van der Waals surface area contributed by atoms with Crippen LogP contribution in [-0.2, 0) is 53.4 Å². The number of ketones is 1. The summed E-state index contributed by atoms with van der Waals surface area (Å²) >= 11 is 5.91. The molecule has 132 heavy (non-hydrogen) atoms. The third-order valence-electron chi connectivity index (χ3n) is 22.7. The quantitative estimate of drug-likeness (QED) is 0.0329. The second-order valence-corrected chi connectivity index (χ2v) is 38.3. The SMILES string of the molecule is CC(C)(C)OC(=O)NC1CNC1.C[C@H]1C[C@@H](CC(=O)CBr)CN(c2ccc(C(F)(F)F)c3ncccc23)C1.C[C@H]1C[C@@H](N)CN(c2ccc(C(F)(F)F)c3ncccc23)C1.C[C@H]1C[C@@H](NC(=O)CN2CC(N)C2)CN(c2ccc(C(F)(F)F)c3ncccc23)C1.C[C@H]1C[C@@H](NC(=O)CN2CC(NC(=O)OC(C)(C)C)C2)CN(c2ccc(C(F)(F)F)c3ncccc23)C1.O=C(O)CBr. The number of Topliss-reactive ketones (excluding diaryl/α,β-unsaturated/α-hetero) is 1. The maximum atomic E-state index is 13.5. The van der Waals surface area contributed by atoms with Crippen LogP contribution in [0.2, 0.25) is 0 Å². The molecule has 7 saturated heterocycles. The number of fused-ring (bicyclic) bond motifs is 4. The van der Waals surface area contributed by atoms with Crippen molar-refractivity contribution in [3.63, 3.8) is 0 Å². The number of ether oxygens (including phenoxy) is 2. The lowest BCUT2D eigenvalue weighted by Gasteiger charge is -2.41. The Morgan fingerprint density at radius 1 is 0.409 bits per heavy atom. The summed E-state index contributed by atoms with van der Waals surface area (Å²) in [5, 5.41) is 24.8. The van der Waals surface area contributed by atoms with Crippen LogP contribution in [0.4, 0.5) is 85.0 Å². The van der Waals surface area contributed by atoms with Crippen molar-refractivity contribution < 1.29 is 96.0 Å².